The molecule has 0 amide bonds. The molecule has 1 rings (SSSR count). The molecule has 0 aliphatic heterocycles. The zero-order valence-electron chi connectivity index (χ0n) is 11.9. The Bertz CT molecular complexity index is 427. The average Bonchev–Trinajstić information content (AvgIpc) is 2.36. The molecule has 1 unspecified atom stereocenters. The van der Waals surface area contributed by atoms with Gasteiger partial charge in [0, 0.05) is 24.5 Å². The molecule has 1 heterocycles. The number of ether oxygens (including phenoxy) is 1. The number of pyridine rings is 1. The van der Waals surface area contributed by atoms with Gasteiger partial charge in [-0.05, 0) is 24.0 Å². The number of carbonyl (C=O) groups excluding carboxylic acids is 1. The Morgan fingerprint density at radius 3 is 2.74 bits per heavy atom. The van der Waals surface area contributed by atoms with E-state index in [1.807, 2.05) is 0 Å². The molecule has 1 atom stereocenters. The van der Waals surface area contributed by atoms with Crippen molar-refractivity contribution in [1.29, 1.82) is 0 Å². The maximum Gasteiger partial charge on any atom is 0.356 e. The van der Waals surface area contributed by atoms with Gasteiger partial charge in [-0.15, -0.1) is 0 Å². The number of hydrogen-bond acceptors (Lipinski definition) is 5. The summed E-state index contributed by atoms with van der Waals surface area (Å²) in [4.78, 5) is 15.4. The summed E-state index contributed by atoms with van der Waals surface area (Å²) < 4.78 is 4.64. The summed E-state index contributed by atoms with van der Waals surface area (Å²) in [6.07, 6.45) is 2.20. The van der Waals surface area contributed by atoms with Crippen LogP contribution in [0.15, 0.2) is 18.3 Å². The number of esters is 1. The number of nitrogens with one attached hydrogen (secondary N) is 1. The molecule has 0 spiro atoms. The number of carbonyl (C=O) groups is 1. The third-order valence-corrected chi connectivity index (χ3v) is 2.96. The van der Waals surface area contributed by atoms with E-state index in [4.69, 9.17) is 5.11 Å². The van der Waals surface area contributed by atoms with Gasteiger partial charge in [0.1, 0.15) is 5.69 Å². The third kappa shape index (κ3) is 4.52. The third-order valence-electron chi connectivity index (χ3n) is 2.96. The molecule has 1 aromatic heterocycles. The van der Waals surface area contributed by atoms with Crippen LogP contribution in [-0.4, -0.2) is 35.8 Å². The first-order valence-corrected chi connectivity index (χ1v) is 6.30. The van der Waals surface area contributed by atoms with Crippen LogP contribution in [0.4, 0.5) is 5.69 Å². The number of aromatic nitrogens is 1. The van der Waals surface area contributed by atoms with Gasteiger partial charge in [0.05, 0.1) is 7.11 Å². The van der Waals surface area contributed by atoms with E-state index >= 15 is 0 Å². The molecule has 5 heteroatoms. The Labute approximate surface area is 114 Å². The monoisotopic (exact) mass is 266 g/mol. The molecule has 19 heavy (non-hydrogen) atoms. The van der Waals surface area contributed by atoms with E-state index in [1.54, 1.807) is 18.3 Å². The summed E-state index contributed by atoms with van der Waals surface area (Å²) in [5, 5.41) is 12.5. The quantitative estimate of drug-likeness (QED) is 0.798. The zero-order chi connectivity index (χ0) is 14.5. The highest BCUT2D eigenvalue weighted by Gasteiger charge is 2.24. The maximum absolute atomic E-state index is 11.4. The van der Waals surface area contributed by atoms with Gasteiger partial charge in [0.2, 0.25) is 0 Å². The van der Waals surface area contributed by atoms with Gasteiger partial charge >= 0.3 is 5.97 Å². The Kier molecular flexibility index (Phi) is 5.30. The van der Waals surface area contributed by atoms with Crippen LogP contribution in [0.2, 0.25) is 0 Å². The Balaban J connectivity index is 2.88. The van der Waals surface area contributed by atoms with E-state index in [-0.39, 0.29) is 23.8 Å². The van der Waals surface area contributed by atoms with Crippen LogP contribution < -0.4 is 5.32 Å². The minimum atomic E-state index is -0.460. The molecule has 0 saturated heterocycles. The minimum absolute atomic E-state index is 0.00255. The number of nitrogens with zero attached hydrogens (tertiary/aromatic N) is 1. The van der Waals surface area contributed by atoms with Crippen molar-refractivity contribution in [3.63, 3.8) is 0 Å². The molecule has 0 aromatic carbocycles. The van der Waals surface area contributed by atoms with Crippen LogP contribution in [0.1, 0.15) is 37.7 Å². The molecule has 0 bridgehead atoms. The highest BCUT2D eigenvalue weighted by molar-refractivity contribution is 5.88. The molecular weight excluding hydrogens is 244 g/mol. The Morgan fingerprint density at radius 2 is 2.21 bits per heavy atom. The lowest BCUT2D eigenvalue weighted by atomic mass is 9.85. The van der Waals surface area contributed by atoms with Crippen LogP contribution in [0.3, 0.4) is 0 Å². The Morgan fingerprint density at radius 1 is 1.53 bits per heavy atom. The number of rotatable bonds is 5. The summed E-state index contributed by atoms with van der Waals surface area (Å²) in [6, 6.07) is 3.55. The molecule has 0 aliphatic rings. The molecular formula is C14H22N2O3. The normalized spacial score (nSPS) is 12.9. The van der Waals surface area contributed by atoms with E-state index in [9.17, 15) is 4.79 Å². The van der Waals surface area contributed by atoms with Gasteiger partial charge in [-0.3, -0.25) is 0 Å². The summed E-state index contributed by atoms with van der Waals surface area (Å²) in [7, 11) is 1.33. The standard InChI is InChI=1S/C14H22N2O3/c1-14(2,3)12(6-8-17)16-10-5-7-15-11(9-10)13(18)19-4/h5,7,9,12,17H,6,8H2,1-4H3,(H,15,16). The van der Waals surface area contributed by atoms with Gasteiger partial charge in [-0.25, -0.2) is 9.78 Å². The second-order valence-corrected chi connectivity index (χ2v) is 5.50. The van der Waals surface area contributed by atoms with E-state index in [1.165, 1.54) is 7.11 Å². The van der Waals surface area contributed by atoms with Gasteiger partial charge in [0.25, 0.3) is 0 Å². The lowest BCUT2D eigenvalue weighted by Crippen LogP contribution is -2.34. The number of anilines is 1. The smallest absolute Gasteiger partial charge is 0.356 e. The predicted octanol–water partition coefficient (Wildman–Crippen LogP) is 2.08. The molecule has 5 nitrogen and oxygen atoms in total. The maximum atomic E-state index is 11.4. The van der Waals surface area contributed by atoms with Crippen molar-refractivity contribution in [3.05, 3.63) is 24.0 Å². The second-order valence-electron chi connectivity index (χ2n) is 5.50. The van der Waals surface area contributed by atoms with Crippen molar-refractivity contribution < 1.29 is 14.6 Å². The number of aliphatic hydroxyl groups is 1. The molecule has 0 radical (unpaired) electrons. The van der Waals surface area contributed by atoms with Gasteiger partial charge < -0.3 is 15.2 Å². The SMILES string of the molecule is COC(=O)c1cc(NC(CCO)C(C)(C)C)ccn1. The van der Waals surface area contributed by atoms with Gasteiger partial charge in [-0.1, -0.05) is 20.8 Å². The largest absolute Gasteiger partial charge is 0.464 e. The summed E-state index contributed by atoms with van der Waals surface area (Å²) in [5.41, 5.74) is 1.06. The van der Waals surface area contributed by atoms with E-state index in [0.717, 1.165) is 5.69 Å². The molecule has 106 valence electrons. The van der Waals surface area contributed by atoms with E-state index < -0.39 is 5.97 Å². The van der Waals surface area contributed by atoms with Crippen molar-refractivity contribution in [2.24, 2.45) is 5.41 Å². The van der Waals surface area contributed by atoms with Crippen molar-refractivity contribution in [3.8, 4) is 0 Å². The van der Waals surface area contributed by atoms with Crippen LogP contribution in [0, 0.1) is 5.41 Å². The topological polar surface area (TPSA) is 71.5 Å². The molecule has 0 fully saturated rings. The molecule has 0 saturated carbocycles. The van der Waals surface area contributed by atoms with Gasteiger partial charge in [0.15, 0.2) is 0 Å². The van der Waals surface area contributed by atoms with Crippen LogP contribution in [0.5, 0.6) is 0 Å². The van der Waals surface area contributed by atoms with E-state index in [2.05, 4.69) is 35.8 Å². The summed E-state index contributed by atoms with van der Waals surface area (Å²) >= 11 is 0. The minimum Gasteiger partial charge on any atom is -0.464 e. The van der Waals surface area contributed by atoms with Crippen molar-refractivity contribution in [2.45, 2.75) is 33.2 Å². The lowest BCUT2D eigenvalue weighted by Gasteiger charge is -2.32. The highest BCUT2D eigenvalue weighted by Crippen LogP contribution is 2.25. The number of aliphatic hydroxyl groups excluding tert-OH is 1. The van der Waals surface area contributed by atoms with E-state index in [0.29, 0.717) is 6.42 Å². The lowest BCUT2D eigenvalue weighted by molar-refractivity contribution is 0.0594. The van der Waals surface area contributed by atoms with Crippen LogP contribution in [0.25, 0.3) is 0 Å². The Hall–Kier alpha value is -1.62. The number of hydrogen-bond donors (Lipinski definition) is 2. The van der Waals surface area contributed by atoms with Crippen molar-refractivity contribution in [1.82, 2.24) is 4.98 Å². The first-order chi connectivity index (χ1) is 8.88. The van der Waals surface area contributed by atoms with Crippen LogP contribution >= 0.6 is 0 Å². The number of methoxy groups -OCH3 is 1. The molecule has 1 aromatic rings. The van der Waals surface area contributed by atoms with Crippen LogP contribution in [-0.2, 0) is 4.74 Å². The highest BCUT2D eigenvalue weighted by atomic mass is 16.5. The van der Waals surface area contributed by atoms with Crippen molar-refractivity contribution in [2.75, 3.05) is 19.0 Å². The van der Waals surface area contributed by atoms with Crippen molar-refractivity contribution >= 4 is 11.7 Å². The predicted molar refractivity (Wildman–Crippen MR) is 74.1 cm³/mol. The first kappa shape index (κ1) is 15.4. The molecule has 2 N–H and O–H groups in total. The first-order valence-electron chi connectivity index (χ1n) is 6.30. The summed E-state index contributed by atoms with van der Waals surface area (Å²) in [5.74, 6) is -0.460. The fraction of sp³-hybridized carbons (Fsp3) is 0.571. The molecule has 0 aliphatic carbocycles. The average molecular weight is 266 g/mol. The zero-order valence-corrected chi connectivity index (χ0v) is 11.9. The fourth-order valence-corrected chi connectivity index (χ4v) is 1.79. The second kappa shape index (κ2) is 6.52. The summed E-state index contributed by atoms with van der Waals surface area (Å²) in [6.45, 7) is 6.41. The fourth-order valence-electron chi connectivity index (χ4n) is 1.79. The van der Waals surface area contributed by atoms with Gasteiger partial charge in [-0.2, -0.15) is 0 Å².